The number of anilines is 2. The Morgan fingerprint density at radius 1 is 1.00 bits per heavy atom. The smallest absolute Gasteiger partial charge is 0.321 e. The van der Waals surface area contributed by atoms with Crippen molar-refractivity contribution in [1.29, 1.82) is 0 Å². The number of aromatic nitrogens is 2. The van der Waals surface area contributed by atoms with E-state index in [1.54, 1.807) is 4.90 Å². The third-order valence-electron chi connectivity index (χ3n) is 5.72. The van der Waals surface area contributed by atoms with Crippen molar-refractivity contribution < 1.29 is 14.3 Å². The predicted octanol–water partition coefficient (Wildman–Crippen LogP) is 4.19. The van der Waals surface area contributed by atoms with Crippen molar-refractivity contribution in [3.8, 4) is 22.8 Å². The molecule has 0 radical (unpaired) electrons. The summed E-state index contributed by atoms with van der Waals surface area (Å²) in [5.74, 6) is 2.25. The highest BCUT2D eigenvalue weighted by atomic mass is 35.5. The maximum atomic E-state index is 12.7. The zero-order valence-electron chi connectivity index (χ0n) is 17.5. The summed E-state index contributed by atoms with van der Waals surface area (Å²) in [6, 6.07) is 15.0. The van der Waals surface area contributed by atoms with Crippen LogP contribution < -0.4 is 19.7 Å². The van der Waals surface area contributed by atoms with Gasteiger partial charge in [-0.2, -0.15) is 0 Å². The Morgan fingerprint density at radius 2 is 1.81 bits per heavy atom. The van der Waals surface area contributed by atoms with Crippen LogP contribution in [0.2, 0.25) is 5.02 Å². The second-order valence-corrected chi connectivity index (χ2v) is 8.07. The fraction of sp³-hybridized carbons (Fsp3) is 0.261. The molecule has 3 heterocycles. The minimum absolute atomic E-state index is 0.126. The third kappa shape index (κ3) is 4.01. The topological polar surface area (TPSA) is 79.8 Å². The second kappa shape index (κ2) is 8.55. The lowest BCUT2D eigenvalue weighted by Crippen LogP contribution is -2.50. The van der Waals surface area contributed by atoms with Gasteiger partial charge in [0.15, 0.2) is 17.3 Å². The van der Waals surface area contributed by atoms with E-state index < -0.39 is 0 Å². The highest BCUT2D eigenvalue weighted by molar-refractivity contribution is 6.31. The van der Waals surface area contributed by atoms with Gasteiger partial charge in [0.05, 0.1) is 5.69 Å². The first-order valence-corrected chi connectivity index (χ1v) is 10.8. The van der Waals surface area contributed by atoms with Crippen molar-refractivity contribution >= 4 is 29.1 Å². The third-order valence-corrected chi connectivity index (χ3v) is 6.13. The molecular weight excluding hydrogens is 430 g/mol. The molecule has 0 saturated carbocycles. The number of fused-ring (bicyclic) bond motifs is 1. The Bertz CT molecular complexity index is 1150. The molecule has 0 unspecified atom stereocenters. The lowest BCUT2D eigenvalue weighted by molar-refractivity contribution is 0.174. The number of hydrogen-bond donors (Lipinski definition) is 1. The first-order chi connectivity index (χ1) is 15.6. The van der Waals surface area contributed by atoms with Gasteiger partial charge < -0.3 is 24.6 Å². The first kappa shape index (κ1) is 20.4. The van der Waals surface area contributed by atoms with Gasteiger partial charge in [0.25, 0.3) is 0 Å². The molecule has 0 aliphatic carbocycles. The van der Waals surface area contributed by atoms with E-state index >= 15 is 0 Å². The standard InChI is InChI=1S/C23H22ClN5O3/c1-15-17(24)3-2-4-18(15)25-23(30)29-11-9-28(10-12-29)22-8-6-19(26-27-22)16-5-7-20-21(13-16)32-14-31-20/h2-8,13H,9-12,14H2,1H3,(H,25,30). The lowest BCUT2D eigenvalue weighted by Gasteiger charge is -2.35. The average Bonchev–Trinajstić information content (AvgIpc) is 3.30. The number of carbonyl (C=O) groups is 1. The number of piperazine rings is 1. The van der Waals surface area contributed by atoms with E-state index in [9.17, 15) is 4.79 Å². The molecule has 2 amide bonds. The molecule has 1 N–H and O–H groups in total. The molecule has 164 valence electrons. The van der Waals surface area contributed by atoms with Gasteiger partial charge in [0.1, 0.15) is 0 Å². The summed E-state index contributed by atoms with van der Waals surface area (Å²) in [5.41, 5.74) is 3.28. The molecule has 0 spiro atoms. The normalized spacial score (nSPS) is 15.1. The summed E-state index contributed by atoms with van der Waals surface area (Å²) in [4.78, 5) is 16.6. The van der Waals surface area contributed by atoms with Gasteiger partial charge in [-0.15, -0.1) is 10.2 Å². The number of rotatable bonds is 3. The van der Waals surface area contributed by atoms with Gasteiger partial charge in [-0.25, -0.2) is 4.79 Å². The molecule has 2 aliphatic rings. The van der Waals surface area contributed by atoms with Crippen molar-refractivity contribution in [2.24, 2.45) is 0 Å². The van der Waals surface area contributed by atoms with Crippen LogP contribution in [-0.2, 0) is 0 Å². The Hall–Kier alpha value is -3.52. The van der Waals surface area contributed by atoms with Crippen LogP contribution in [0.5, 0.6) is 11.5 Å². The molecule has 9 heteroatoms. The predicted molar refractivity (Wildman–Crippen MR) is 123 cm³/mol. The van der Waals surface area contributed by atoms with Crippen LogP contribution in [0.4, 0.5) is 16.3 Å². The second-order valence-electron chi connectivity index (χ2n) is 7.66. The Labute approximate surface area is 190 Å². The average molecular weight is 452 g/mol. The number of ether oxygens (including phenoxy) is 2. The molecule has 1 fully saturated rings. The van der Waals surface area contributed by atoms with Gasteiger partial charge in [0, 0.05) is 42.5 Å². The molecule has 5 rings (SSSR count). The summed E-state index contributed by atoms with van der Waals surface area (Å²) in [6.45, 7) is 4.68. The molecule has 0 atom stereocenters. The van der Waals surface area contributed by atoms with Crippen molar-refractivity contribution in [2.45, 2.75) is 6.92 Å². The van der Waals surface area contributed by atoms with Crippen molar-refractivity contribution in [3.63, 3.8) is 0 Å². The van der Waals surface area contributed by atoms with E-state index in [4.69, 9.17) is 21.1 Å². The van der Waals surface area contributed by atoms with Crippen LogP contribution in [0.25, 0.3) is 11.3 Å². The highest BCUT2D eigenvalue weighted by Gasteiger charge is 2.23. The molecule has 0 bridgehead atoms. The minimum atomic E-state index is -0.126. The fourth-order valence-corrected chi connectivity index (χ4v) is 3.95. The number of carbonyl (C=O) groups excluding carboxylic acids is 1. The number of nitrogens with one attached hydrogen (secondary N) is 1. The molecule has 8 nitrogen and oxygen atoms in total. The summed E-state index contributed by atoms with van der Waals surface area (Å²) < 4.78 is 10.8. The number of hydrogen-bond acceptors (Lipinski definition) is 6. The Morgan fingerprint density at radius 3 is 2.59 bits per heavy atom. The minimum Gasteiger partial charge on any atom is -0.454 e. The Kier molecular flexibility index (Phi) is 5.45. The maximum Gasteiger partial charge on any atom is 0.321 e. The van der Waals surface area contributed by atoms with Crippen LogP contribution in [0, 0.1) is 6.92 Å². The lowest BCUT2D eigenvalue weighted by atomic mass is 10.1. The number of urea groups is 1. The molecule has 32 heavy (non-hydrogen) atoms. The molecule has 2 aliphatic heterocycles. The maximum absolute atomic E-state index is 12.7. The van der Waals surface area contributed by atoms with Gasteiger partial charge in [0.2, 0.25) is 6.79 Å². The SMILES string of the molecule is Cc1c(Cl)cccc1NC(=O)N1CCN(c2ccc(-c3ccc4c(c3)OCO4)nn2)CC1. The summed E-state index contributed by atoms with van der Waals surface area (Å²) in [7, 11) is 0. The first-order valence-electron chi connectivity index (χ1n) is 10.4. The summed E-state index contributed by atoms with van der Waals surface area (Å²) in [6.07, 6.45) is 0. The van der Waals surface area contributed by atoms with E-state index in [0.717, 1.165) is 39.8 Å². The highest BCUT2D eigenvalue weighted by Crippen LogP contribution is 2.35. The zero-order chi connectivity index (χ0) is 22.1. The molecule has 3 aromatic rings. The quantitative estimate of drug-likeness (QED) is 0.643. The molecular formula is C23H22ClN5O3. The van der Waals surface area contributed by atoms with Crippen molar-refractivity contribution in [1.82, 2.24) is 15.1 Å². The zero-order valence-corrected chi connectivity index (χ0v) is 18.3. The number of amides is 2. The van der Waals surface area contributed by atoms with E-state index in [-0.39, 0.29) is 12.8 Å². The molecule has 2 aromatic carbocycles. The molecule has 1 aromatic heterocycles. The number of benzene rings is 2. The van der Waals surface area contributed by atoms with Gasteiger partial charge in [-0.3, -0.25) is 0 Å². The van der Waals surface area contributed by atoms with Crippen molar-refractivity contribution in [3.05, 3.63) is 59.1 Å². The van der Waals surface area contributed by atoms with Crippen LogP contribution >= 0.6 is 11.6 Å². The van der Waals surface area contributed by atoms with Gasteiger partial charge >= 0.3 is 6.03 Å². The summed E-state index contributed by atoms with van der Waals surface area (Å²) in [5, 5.41) is 12.4. The van der Waals surface area contributed by atoms with Crippen LogP contribution in [0.15, 0.2) is 48.5 Å². The number of nitrogens with zero attached hydrogens (tertiary/aromatic N) is 4. The Balaban J connectivity index is 1.20. The van der Waals surface area contributed by atoms with Gasteiger partial charge in [-0.1, -0.05) is 17.7 Å². The van der Waals surface area contributed by atoms with Crippen LogP contribution in [-0.4, -0.2) is 54.1 Å². The van der Waals surface area contributed by atoms with E-state index in [1.807, 2.05) is 55.5 Å². The number of halogens is 1. The van der Waals surface area contributed by atoms with E-state index in [2.05, 4.69) is 20.4 Å². The van der Waals surface area contributed by atoms with Crippen LogP contribution in [0.3, 0.4) is 0 Å². The van der Waals surface area contributed by atoms with Gasteiger partial charge in [-0.05, 0) is 55.0 Å². The molecule has 1 saturated heterocycles. The summed E-state index contributed by atoms with van der Waals surface area (Å²) >= 11 is 6.15. The fourth-order valence-electron chi connectivity index (χ4n) is 3.78. The van der Waals surface area contributed by atoms with E-state index in [1.165, 1.54) is 0 Å². The van der Waals surface area contributed by atoms with Crippen molar-refractivity contribution in [2.75, 3.05) is 43.2 Å². The van der Waals surface area contributed by atoms with Crippen LogP contribution in [0.1, 0.15) is 5.56 Å². The van der Waals surface area contributed by atoms with E-state index in [0.29, 0.717) is 31.2 Å². The monoisotopic (exact) mass is 451 g/mol. The largest absolute Gasteiger partial charge is 0.454 e.